The molecule has 9 heteroatoms. The number of methoxy groups -OCH3 is 1. The molecule has 1 amide bonds. The molecule has 1 fully saturated rings. The lowest BCUT2D eigenvalue weighted by molar-refractivity contribution is -0.136. The predicted molar refractivity (Wildman–Crippen MR) is 137 cm³/mol. The molecule has 4 aromatic rings. The number of fused-ring (bicyclic) bond motifs is 2. The van der Waals surface area contributed by atoms with Crippen molar-refractivity contribution in [1.29, 1.82) is 0 Å². The van der Waals surface area contributed by atoms with Crippen LogP contribution in [-0.2, 0) is 6.18 Å². The third-order valence-corrected chi connectivity index (χ3v) is 7.20. The molecular weight excluding hydrogens is 481 g/mol. The van der Waals surface area contributed by atoms with Crippen LogP contribution in [0.5, 0.6) is 5.75 Å². The molecule has 2 N–H and O–H groups in total. The molecule has 0 atom stereocenters. The lowest BCUT2D eigenvalue weighted by atomic mass is 9.88. The number of carbonyl (C=O) groups excluding carboxylic acids is 1. The van der Waals surface area contributed by atoms with Gasteiger partial charge in [-0.2, -0.15) is 13.2 Å². The van der Waals surface area contributed by atoms with Gasteiger partial charge in [-0.25, -0.2) is 0 Å². The number of nitrogens with zero attached hydrogens (tertiary/aromatic N) is 2. The van der Waals surface area contributed by atoms with E-state index in [1.807, 2.05) is 18.2 Å². The average molecular weight is 511 g/mol. The number of likely N-dealkylation sites (tertiary alicyclic amines) is 1. The van der Waals surface area contributed by atoms with E-state index in [9.17, 15) is 18.0 Å². The van der Waals surface area contributed by atoms with Gasteiger partial charge in [0.1, 0.15) is 5.75 Å². The first-order valence-corrected chi connectivity index (χ1v) is 12.5. The van der Waals surface area contributed by atoms with E-state index in [1.54, 1.807) is 31.6 Å². The molecule has 6 nitrogen and oxygen atoms in total. The van der Waals surface area contributed by atoms with Crippen molar-refractivity contribution in [2.75, 3.05) is 33.3 Å². The zero-order valence-corrected chi connectivity index (χ0v) is 20.6. The summed E-state index contributed by atoms with van der Waals surface area (Å²) >= 11 is 0. The standard InChI is InChI=1S/C28H29F3N4O2/c1-37-19-6-7-24-21(16-19)20(8-12-32-24)27(36)33-11-3-13-35-14-9-18(10-15-35)22-17-34-25-5-2-4-23(26(22)25)28(29,30)31/h2,4-8,12,16-18,34H,3,9-11,13-15H2,1H3,(H,33,36). The van der Waals surface area contributed by atoms with Gasteiger partial charge in [0.05, 0.1) is 23.8 Å². The second kappa shape index (κ2) is 10.4. The smallest absolute Gasteiger partial charge is 0.417 e. The summed E-state index contributed by atoms with van der Waals surface area (Å²) in [5, 5.41) is 4.04. The van der Waals surface area contributed by atoms with Gasteiger partial charge in [-0.15, -0.1) is 0 Å². The minimum absolute atomic E-state index is 0.0881. The quantitative estimate of drug-likeness (QED) is 0.311. The number of carbonyl (C=O) groups is 1. The number of pyridine rings is 1. The van der Waals surface area contributed by atoms with Gasteiger partial charge >= 0.3 is 6.18 Å². The number of aromatic amines is 1. The van der Waals surface area contributed by atoms with Crippen LogP contribution in [0.15, 0.2) is 54.9 Å². The van der Waals surface area contributed by atoms with Gasteiger partial charge in [-0.1, -0.05) is 6.07 Å². The summed E-state index contributed by atoms with van der Waals surface area (Å²) < 4.78 is 46.1. The van der Waals surface area contributed by atoms with Crippen molar-refractivity contribution in [2.45, 2.75) is 31.4 Å². The third kappa shape index (κ3) is 5.27. The van der Waals surface area contributed by atoms with E-state index in [1.165, 1.54) is 6.07 Å². The molecule has 0 bridgehead atoms. The Morgan fingerprint density at radius 1 is 1.19 bits per heavy atom. The summed E-state index contributed by atoms with van der Waals surface area (Å²) in [6.07, 6.45) is 1.38. The summed E-state index contributed by atoms with van der Waals surface area (Å²) in [6.45, 7) is 2.98. The number of aromatic nitrogens is 2. The Morgan fingerprint density at radius 3 is 2.76 bits per heavy atom. The van der Waals surface area contributed by atoms with Crippen LogP contribution >= 0.6 is 0 Å². The first-order valence-electron chi connectivity index (χ1n) is 12.5. The number of hydrogen-bond acceptors (Lipinski definition) is 4. The van der Waals surface area contributed by atoms with Crippen molar-refractivity contribution < 1.29 is 22.7 Å². The molecule has 1 aliphatic heterocycles. The normalized spacial score (nSPS) is 15.4. The Morgan fingerprint density at radius 2 is 2.00 bits per heavy atom. The largest absolute Gasteiger partial charge is 0.497 e. The van der Waals surface area contributed by atoms with E-state index in [-0.39, 0.29) is 11.8 Å². The molecule has 194 valence electrons. The number of piperidine rings is 1. The first kappa shape index (κ1) is 25.1. The van der Waals surface area contributed by atoms with Crippen LogP contribution in [0.4, 0.5) is 13.2 Å². The van der Waals surface area contributed by atoms with Crippen LogP contribution in [0.2, 0.25) is 0 Å². The second-order valence-electron chi connectivity index (χ2n) is 9.44. The van der Waals surface area contributed by atoms with Crippen molar-refractivity contribution in [3.63, 3.8) is 0 Å². The topological polar surface area (TPSA) is 70.2 Å². The van der Waals surface area contributed by atoms with Crippen molar-refractivity contribution >= 4 is 27.7 Å². The highest BCUT2D eigenvalue weighted by Crippen LogP contribution is 2.40. The molecule has 5 rings (SSSR count). The highest BCUT2D eigenvalue weighted by Gasteiger charge is 2.35. The zero-order valence-electron chi connectivity index (χ0n) is 20.6. The lowest BCUT2D eigenvalue weighted by Gasteiger charge is -2.32. The highest BCUT2D eigenvalue weighted by atomic mass is 19.4. The number of alkyl halides is 3. The SMILES string of the molecule is COc1ccc2nccc(C(=O)NCCCN3CCC(c4c[nH]c5cccc(C(F)(F)F)c45)CC3)c2c1. The van der Waals surface area contributed by atoms with Gasteiger partial charge < -0.3 is 19.9 Å². The number of H-pyrrole nitrogens is 1. The minimum Gasteiger partial charge on any atom is -0.497 e. The fraction of sp³-hybridized carbons (Fsp3) is 0.357. The number of amides is 1. The number of hydrogen-bond donors (Lipinski definition) is 2. The van der Waals surface area contributed by atoms with E-state index in [0.29, 0.717) is 28.8 Å². The van der Waals surface area contributed by atoms with Crippen LogP contribution in [0.3, 0.4) is 0 Å². The maximum atomic E-state index is 13.6. The predicted octanol–water partition coefficient (Wildman–Crippen LogP) is 5.74. The summed E-state index contributed by atoms with van der Waals surface area (Å²) in [6, 6.07) is 11.5. The molecule has 2 aromatic heterocycles. The molecule has 0 saturated carbocycles. The third-order valence-electron chi connectivity index (χ3n) is 7.20. The van der Waals surface area contributed by atoms with Crippen molar-refractivity contribution in [2.24, 2.45) is 0 Å². The van der Waals surface area contributed by atoms with E-state index < -0.39 is 11.7 Å². The van der Waals surface area contributed by atoms with E-state index in [2.05, 4.69) is 20.2 Å². The van der Waals surface area contributed by atoms with Gasteiger partial charge in [-0.05, 0) is 86.8 Å². The van der Waals surface area contributed by atoms with Gasteiger partial charge in [0.15, 0.2) is 0 Å². The first-order chi connectivity index (χ1) is 17.8. The maximum Gasteiger partial charge on any atom is 0.417 e. The Bertz CT molecular complexity index is 1410. The highest BCUT2D eigenvalue weighted by molar-refractivity contribution is 6.06. The van der Waals surface area contributed by atoms with Crippen LogP contribution < -0.4 is 10.1 Å². The molecular formula is C28H29F3N4O2. The Balaban J connectivity index is 1.14. The number of halogens is 3. The van der Waals surface area contributed by atoms with E-state index in [4.69, 9.17) is 4.74 Å². The van der Waals surface area contributed by atoms with Crippen LogP contribution in [0.25, 0.3) is 21.8 Å². The fourth-order valence-corrected chi connectivity index (χ4v) is 5.29. The van der Waals surface area contributed by atoms with Gasteiger partial charge in [0.2, 0.25) is 0 Å². The van der Waals surface area contributed by atoms with Crippen molar-refractivity contribution in [3.05, 3.63) is 71.5 Å². The van der Waals surface area contributed by atoms with Crippen LogP contribution in [-0.4, -0.2) is 54.1 Å². The molecule has 1 aliphatic rings. The van der Waals surface area contributed by atoms with E-state index in [0.717, 1.165) is 61.4 Å². The molecule has 37 heavy (non-hydrogen) atoms. The van der Waals surface area contributed by atoms with Crippen molar-refractivity contribution in [3.8, 4) is 5.75 Å². The zero-order chi connectivity index (χ0) is 26.0. The second-order valence-corrected chi connectivity index (χ2v) is 9.44. The summed E-state index contributed by atoms with van der Waals surface area (Å²) in [7, 11) is 1.58. The van der Waals surface area contributed by atoms with Gasteiger partial charge in [-0.3, -0.25) is 9.78 Å². The summed E-state index contributed by atoms with van der Waals surface area (Å²) in [4.78, 5) is 22.5. The fourth-order valence-electron chi connectivity index (χ4n) is 5.29. The molecule has 0 unspecified atom stereocenters. The number of rotatable bonds is 7. The molecule has 0 spiro atoms. The summed E-state index contributed by atoms with van der Waals surface area (Å²) in [5.74, 6) is 0.601. The molecule has 0 aliphatic carbocycles. The lowest BCUT2D eigenvalue weighted by Crippen LogP contribution is -2.35. The Hall–Kier alpha value is -3.59. The number of benzene rings is 2. The van der Waals surface area contributed by atoms with Crippen LogP contribution in [0, 0.1) is 0 Å². The number of nitrogens with one attached hydrogen (secondary N) is 2. The van der Waals surface area contributed by atoms with Gasteiger partial charge in [0, 0.05) is 35.2 Å². The number of ether oxygens (including phenoxy) is 1. The average Bonchev–Trinajstić information content (AvgIpc) is 3.34. The maximum absolute atomic E-state index is 13.6. The van der Waals surface area contributed by atoms with Crippen LogP contribution in [0.1, 0.15) is 46.7 Å². The minimum atomic E-state index is -4.38. The van der Waals surface area contributed by atoms with E-state index >= 15 is 0 Å². The molecule has 2 aromatic carbocycles. The summed E-state index contributed by atoms with van der Waals surface area (Å²) in [5.41, 5.74) is 2.01. The van der Waals surface area contributed by atoms with Crippen molar-refractivity contribution in [1.82, 2.24) is 20.2 Å². The monoisotopic (exact) mass is 510 g/mol. The Labute approximate surface area is 212 Å². The Kier molecular flexibility index (Phi) is 7.06. The molecule has 0 radical (unpaired) electrons. The molecule has 1 saturated heterocycles. The van der Waals surface area contributed by atoms with Gasteiger partial charge in [0.25, 0.3) is 5.91 Å². The molecule has 3 heterocycles.